The number of benzene rings is 1. The van der Waals surface area contributed by atoms with Crippen molar-refractivity contribution in [1.29, 1.82) is 0 Å². The van der Waals surface area contributed by atoms with E-state index in [-0.39, 0.29) is 15.9 Å². The van der Waals surface area contributed by atoms with Crippen molar-refractivity contribution in [2.75, 3.05) is 23.7 Å². The van der Waals surface area contributed by atoms with Crippen molar-refractivity contribution in [3.8, 4) is 0 Å². The van der Waals surface area contributed by atoms with E-state index < -0.39 is 9.84 Å². The van der Waals surface area contributed by atoms with Crippen molar-refractivity contribution >= 4 is 38.2 Å². The van der Waals surface area contributed by atoms with E-state index in [9.17, 15) is 8.42 Å². The molecule has 1 aliphatic heterocycles. The molecule has 0 bridgehead atoms. The molecule has 21 heavy (non-hydrogen) atoms. The van der Waals surface area contributed by atoms with Gasteiger partial charge in [0, 0.05) is 18.5 Å². The van der Waals surface area contributed by atoms with Gasteiger partial charge < -0.3 is 4.90 Å². The molecule has 1 aromatic heterocycles. The topological polar surface area (TPSA) is 63.2 Å². The number of sulfone groups is 1. The van der Waals surface area contributed by atoms with Crippen LogP contribution in [0.4, 0.5) is 5.82 Å². The van der Waals surface area contributed by atoms with E-state index in [0.29, 0.717) is 5.52 Å². The molecule has 5 nitrogen and oxygen atoms in total. The zero-order valence-corrected chi connectivity index (χ0v) is 13.3. The standard InChI is InChI=1S/C14H16ClN3O2S/c1-2-21(19,20)10-5-6-11-12(9-10)16-14(15)17-13(11)18-7-3-4-8-18/h5-6,9H,2-4,7-8H2,1H3. The Hall–Kier alpha value is -1.40. The first kappa shape index (κ1) is 14.5. The van der Waals surface area contributed by atoms with E-state index in [1.54, 1.807) is 25.1 Å². The van der Waals surface area contributed by atoms with Gasteiger partial charge in [0.1, 0.15) is 5.82 Å². The Morgan fingerprint density at radius 3 is 2.62 bits per heavy atom. The van der Waals surface area contributed by atoms with Crippen LogP contribution in [0.2, 0.25) is 5.28 Å². The maximum absolute atomic E-state index is 12.0. The molecule has 2 aromatic rings. The maximum atomic E-state index is 12.0. The summed E-state index contributed by atoms with van der Waals surface area (Å²) in [5, 5.41) is 0.992. The number of rotatable bonds is 3. The largest absolute Gasteiger partial charge is 0.356 e. The van der Waals surface area contributed by atoms with E-state index in [0.717, 1.165) is 37.1 Å². The Labute approximate surface area is 128 Å². The van der Waals surface area contributed by atoms with Gasteiger partial charge in [-0.2, -0.15) is 4.98 Å². The SMILES string of the molecule is CCS(=O)(=O)c1ccc2c(N3CCCC3)nc(Cl)nc2c1. The minimum absolute atomic E-state index is 0.0658. The number of fused-ring (bicyclic) bond motifs is 1. The van der Waals surface area contributed by atoms with Crippen molar-refractivity contribution < 1.29 is 8.42 Å². The molecule has 0 radical (unpaired) electrons. The van der Waals surface area contributed by atoms with Gasteiger partial charge in [-0.15, -0.1) is 0 Å². The first-order valence-corrected chi connectivity index (χ1v) is 8.99. The Kier molecular flexibility index (Phi) is 3.75. The Morgan fingerprint density at radius 1 is 1.24 bits per heavy atom. The lowest BCUT2D eigenvalue weighted by Gasteiger charge is -2.18. The first-order chi connectivity index (χ1) is 10.0. The number of hydrogen-bond acceptors (Lipinski definition) is 5. The van der Waals surface area contributed by atoms with Crippen LogP contribution in [0.1, 0.15) is 19.8 Å². The maximum Gasteiger partial charge on any atom is 0.224 e. The van der Waals surface area contributed by atoms with E-state index in [1.165, 1.54) is 0 Å². The average Bonchev–Trinajstić information content (AvgIpc) is 2.99. The fourth-order valence-electron chi connectivity index (χ4n) is 2.60. The van der Waals surface area contributed by atoms with Crippen LogP contribution in [0.15, 0.2) is 23.1 Å². The third-order valence-electron chi connectivity index (χ3n) is 3.77. The van der Waals surface area contributed by atoms with Crippen LogP contribution in [-0.4, -0.2) is 37.2 Å². The first-order valence-electron chi connectivity index (χ1n) is 6.96. The van der Waals surface area contributed by atoms with Gasteiger partial charge in [-0.3, -0.25) is 0 Å². The van der Waals surface area contributed by atoms with E-state index in [4.69, 9.17) is 11.6 Å². The van der Waals surface area contributed by atoms with Gasteiger partial charge in [-0.25, -0.2) is 13.4 Å². The predicted octanol–water partition coefficient (Wildman–Crippen LogP) is 2.68. The summed E-state index contributed by atoms with van der Waals surface area (Å²) in [5.74, 6) is 0.860. The van der Waals surface area contributed by atoms with Crippen molar-refractivity contribution in [2.24, 2.45) is 0 Å². The lowest BCUT2D eigenvalue weighted by Crippen LogP contribution is -2.19. The summed E-state index contributed by atoms with van der Waals surface area (Å²) in [6.07, 6.45) is 2.26. The molecular formula is C14H16ClN3O2S. The van der Waals surface area contributed by atoms with E-state index in [2.05, 4.69) is 14.9 Å². The highest BCUT2D eigenvalue weighted by Gasteiger charge is 2.19. The summed E-state index contributed by atoms with van der Waals surface area (Å²) >= 11 is 6.00. The molecule has 1 saturated heterocycles. The van der Waals surface area contributed by atoms with Crippen LogP contribution in [0, 0.1) is 0 Å². The Morgan fingerprint density at radius 2 is 1.95 bits per heavy atom. The summed E-state index contributed by atoms with van der Waals surface area (Å²) in [5.41, 5.74) is 0.575. The van der Waals surface area contributed by atoms with Gasteiger partial charge in [0.2, 0.25) is 5.28 Å². The lowest BCUT2D eigenvalue weighted by atomic mass is 10.2. The molecule has 1 aliphatic rings. The Bertz CT molecular complexity index is 786. The number of aromatic nitrogens is 2. The third-order valence-corrected chi connectivity index (χ3v) is 5.67. The Balaban J connectivity index is 2.19. The fourth-order valence-corrected chi connectivity index (χ4v) is 3.67. The molecular weight excluding hydrogens is 310 g/mol. The van der Waals surface area contributed by atoms with E-state index in [1.807, 2.05) is 0 Å². The van der Waals surface area contributed by atoms with Gasteiger partial charge in [0.25, 0.3) is 0 Å². The van der Waals surface area contributed by atoms with Crippen molar-refractivity contribution in [2.45, 2.75) is 24.7 Å². The number of hydrogen-bond donors (Lipinski definition) is 0. The molecule has 0 atom stereocenters. The normalized spacial score (nSPS) is 15.8. The van der Waals surface area contributed by atoms with Crippen LogP contribution in [0.5, 0.6) is 0 Å². The van der Waals surface area contributed by atoms with Crippen LogP contribution >= 0.6 is 11.6 Å². The van der Waals surface area contributed by atoms with Crippen LogP contribution in [0.25, 0.3) is 10.9 Å². The van der Waals surface area contributed by atoms with Gasteiger partial charge >= 0.3 is 0 Å². The number of nitrogens with zero attached hydrogens (tertiary/aromatic N) is 3. The van der Waals surface area contributed by atoms with Gasteiger partial charge in [-0.1, -0.05) is 6.92 Å². The van der Waals surface area contributed by atoms with Crippen LogP contribution in [0.3, 0.4) is 0 Å². The monoisotopic (exact) mass is 325 g/mol. The summed E-state index contributed by atoms with van der Waals surface area (Å²) in [4.78, 5) is 11.0. The van der Waals surface area contributed by atoms with Gasteiger partial charge in [-0.05, 0) is 42.6 Å². The lowest BCUT2D eigenvalue weighted by molar-refractivity contribution is 0.597. The zero-order chi connectivity index (χ0) is 15.0. The minimum atomic E-state index is -3.25. The molecule has 112 valence electrons. The summed E-state index contributed by atoms with van der Waals surface area (Å²) < 4.78 is 24.0. The highest BCUT2D eigenvalue weighted by Crippen LogP contribution is 2.29. The van der Waals surface area contributed by atoms with Gasteiger partial charge in [0.05, 0.1) is 16.2 Å². The second-order valence-electron chi connectivity index (χ2n) is 5.09. The molecule has 3 rings (SSSR count). The number of anilines is 1. The molecule has 0 saturated carbocycles. The molecule has 2 heterocycles. The van der Waals surface area contributed by atoms with Crippen LogP contribution in [-0.2, 0) is 9.84 Å². The second-order valence-corrected chi connectivity index (χ2v) is 7.71. The summed E-state index contributed by atoms with van der Waals surface area (Å²) in [6, 6.07) is 4.99. The third kappa shape index (κ3) is 2.70. The van der Waals surface area contributed by atoms with Gasteiger partial charge in [0.15, 0.2) is 9.84 Å². The highest BCUT2D eigenvalue weighted by molar-refractivity contribution is 7.91. The molecule has 1 fully saturated rings. The molecule has 0 aliphatic carbocycles. The molecule has 0 spiro atoms. The molecule has 0 unspecified atom stereocenters. The van der Waals surface area contributed by atoms with Crippen molar-refractivity contribution in [3.05, 3.63) is 23.5 Å². The smallest absolute Gasteiger partial charge is 0.224 e. The molecule has 7 heteroatoms. The fraction of sp³-hybridized carbons (Fsp3) is 0.429. The quantitative estimate of drug-likeness (QED) is 0.812. The molecule has 1 aromatic carbocycles. The zero-order valence-electron chi connectivity index (χ0n) is 11.7. The minimum Gasteiger partial charge on any atom is -0.356 e. The average molecular weight is 326 g/mol. The van der Waals surface area contributed by atoms with Crippen molar-refractivity contribution in [1.82, 2.24) is 9.97 Å². The van der Waals surface area contributed by atoms with Crippen molar-refractivity contribution in [3.63, 3.8) is 0 Å². The predicted molar refractivity (Wildman–Crippen MR) is 83.7 cm³/mol. The number of halogens is 1. The van der Waals surface area contributed by atoms with E-state index >= 15 is 0 Å². The summed E-state index contributed by atoms with van der Waals surface area (Å²) in [6.45, 7) is 3.51. The second kappa shape index (κ2) is 5.42. The van der Waals surface area contributed by atoms with Crippen LogP contribution < -0.4 is 4.90 Å². The molecule has 0 N–H and O–H groups in total. The summed E-state index contributed by atoms with van der Waals surface area (Å²) in [7, 11) is -3.25. The highest BCUT2D eigenvalue weighted by atomic mass is 35.5. The molecule has 0 amide bonds.